The Morgan fingerprint density at radius 3 is 2.05 bits per heavy atom. The maximum Gasteiger partial charge on any atom is 0.135 e. The number of hydrogen-bond donors (Lipinski definition) is 2. The zero-order chi connectivity index (χ0) is 15.7. The second-order valence-electron chi connectivity index (χ2n) is 4.93. The van der Waals surface area contributed by atoms with E-state index in [4.69, 9.17) is 9.47 Å². The van der Waals surface area contributed by atoms with Crippen LogP contribution in [0.1, 0.15) is 0 Å². The molecule has 0 heterocycles. The number of phenolic OH excluding ortho intramolecular Hbond substituents is 2. The number of ether oxygens (including phenoxy) is 2. The molecule has 0 aromatic heterocycles. The Hall–Kier alpha value is -2.88. The van der Waals surface area contributed by atoms with Gasteiger partial charge in [0.25, 0.3) is 0 Å². The van der Waals surface area contributed by atoms with Gasteiger partial charge in [0.15, 0.2) is 0 Å². The van der Waals surface area contributed by atoms with Crippen molar-refractivity contribution < 1.29 is 19.7 Å². The van der Waals surface area contributed by atoms with Crippen molar-refractivity contribution in [1.82, 2.24) is 0 Å². The minimum Gasteiger partial charge on any atom is -0.507 e. The van der Waals surface area contributed by atoms with Gasteiger partial charge in [-0.25, -0.2) is 0 Å². The minimum atomic E-state index is 0.0269. The smallest absolute Gasteiger partial charge is 0.135 e. The van der Waals surface area contributed by atoms with Crippen LogP contribution in [-0.4, -0.2) is 24.4 Å². The first-order valence-corrected chi connectivity index (χ1v) is 6.81. The maximum atomic E-state index is 10.6. The van der Waals surface area contributed by atoms with Crippen LogP contribution in [0.2, 0.25) is 0 Å². The molecule has 2 N–H and O–H groups in total. The molecular weight excluding hydrogens is 280 g/mol. The van der Waals surface area contributed by atoms with Crippen molar-refractivity contribution in [2.45, 2.75) is 0 Å². The quantitative estimate of drug-likeness (QED) is 0.768. The summed E-state index contributed by atoms with van der Waals surface area (Å²) in [6.45, 7) is 0. The minimum absolute atomic E-state index is 0.0269. The van der Waals surface area contributed by atoms with Gasteiger partial charge in [0.2, 0.25) is 0 Å². The summed E-state index contributed by atoms with van der Waals surface area (Å²) < 4.78 is 10.3. The standard InChI is InChI=1S/C18H16O4/c1-21-13-6-3-11(4-7-13)17-16(19)9-12-5-8-14(22-2)10-15(12)18(17)20/h3-10,19-20H,1-2H3. The molecule has 0 atom stereocenters. The molecule has 0 aliphatic heterocycles. The highest BCUT2D eigenvalue weighted by molar-refractivity contribution is 5.98. The van der Waals surface area contributed by atoms with Crippen LogP contribution in [0.25, 0.3) is 21.9 Å². The predicted octanol–water partition coefficient (Wildman–Crippen LogP) is 3.94. The van der Waals surface area contributed by atoms with Crippen molar-refractivity contribution in [3.63, 3.8) is 0 Å². The highest BCUT2D eigenvalue weighted by Crippen LogP contribution is 2.43. The Kier molecular flexibility index (Phi) is 3.51. The normalized spacial score (nSPS) is 10.6. The summed E-state index contributed by atoms with van der Waals surface area (Å²) in [7, 11) is 3.16. The SMILES string of the molecule is COc1ccc(-c2c(O)cc3ccc(OC)cc3c2O)cc1. The number of methoxy groups -OCH3 is 2. The van der Waals surface area contributed by atoms with Gasteiger partial charge in [0, 0.05) is 5.39 Å². The molecule has 0 saturated carbocycles. The molecule has 0 aliphatic rings. The van der Waals surface area contributed by atoms with Crippen LogP contribution in [0.5, 0.6) is 23.0 Å². The van der Waals surface area contributed by atoms with Gasteiger partial charge in [0.05, 0.1) is 19.8 Å². The van der Waals surface area contributed by atoms with Gasteiger partial charge in [-0.15, -0.1) is 0 Å². The topological polar surface area (TPSA) is 58.9 Å². The van der Waals surface area contributed by atoms with E-state index in [1.165, 1.54) is 0 Å². The van der Waals surface area contributed by atoms with E-state index < -0.39 is 0 Å². The Bertz CT molecular complexity index is 823. The fraction of sp³-hybridized carbons (Fsp3) is 0.111. The number of phenols is 2. The van der Waals surface area contributed by atoms with Crippen LogP contribution in [0.15, 0.2) is 48.5 Å². The number of aromatic hydroxyl groups is 2. The van der Waals surface area contributed by atoms with Crippen LogP contribution >= 0.6 is 0 Å². The highest BCUT2D eigenvalue weighted by Gasteiger charge is 2.15. The largest absolute Gasteiger partial charge is 0.507 e. The molecule has 3 aromatic carbocycles. The third kappa shape index (κ3) is 2.29. The van der Waals surface area contributed by atoms with Crippen molar-refractivity contribution in [1.29, 1.82) is 0 Å². The van der Waals surface area contributed by atoms with Gasteiger partial charge in [-0.1, -0.05) is 18.2 Å². The van der Waals surface area contributed by atoms with Crippen LogP contribution < -0.4 is 9.47 Å². The average Bonchev–Trinajstić information content (AvgIpc) is 2.55. The van der Waals surface area contributed by atoms with Crippen molar-refractivity contribution in [2.24, 2.45) is 0 Å². The van der Waals surface area contributed by atoms with Gasteiger partial charge < -0.3 is 19.7 Å². The van der Waals surface area contributed by atoms with Crippen molar-refractivity contribution in [3.8, 4) is 34.1 Å². The van der Waals surface area contributed by atoms with E-state index in [0.29, 0.717) is 28.0 Å². The fourth-order valence-corrected chi connectivity index (χ4v) is 2.51. The first kappa shape index (κ1) is 14.1. The third-order valence-electron chi connectivity index (χ3n) is 3.68. The lowest BCUT2D eigenvalue weighted by Crippen LogP contribution is -1.87. The first-order chi connectivity index (χ1) is 10.6. The molecule has 4 nitrogen and oxygen atoms in total. The third-order valence-corrected chi connectivity index (χ3v) is 3.68. The molecule has 0 aliphatic carbocycles. The van der Waals surface area contributed by atoms with E-state index in [-0.39, 0.29) is 11.5 Å². The Labute approximate surface area is 128 Å². The molecule has 0 bridgehead atoms. The van der Waals surface area contributed by atoms with Crippen molar-refractivity contribution in [2.75, 3.05) is 14.2 Å². The fourth-order valence-electron chi connectivity index (χ4n) is 2.51. The molecule has 22 heavy (non-hydrogen) atoms. The summed E-state index contributed by atoms with van der Waals surface area (Å²) in [4.78, 5) is 0. The van der Waals surface area contributed by atoms with E-state index in [9.17, 15) is 10.2 Å². The van der Waals surface area contributed by atoms with E-state index in [2.05, 4.69) is 0 Å². The molecule has 3 rings (SSSR count). The van der Waals surface area contributed by atoms with Gasteiger partial charge >= 0.3 is 0 Å². The number of fused-ring (bicyclic) bond motifs is 1. The lowest BCUT2D eigenvalue weighted by Gasteiger charge is -2.12. The van der Waals surface area contributed by atoms with Crippen LogP contribution in [0.3, 0.4) is 0 Å². The molecule has 0 amide bonds. The molecule has 112 valence electrons. The molecule has 0 spiro atoms. The van der Waals surface area contributed by atoms with Crippen molar-refractivity contribution in [3.05, 3.63) is 48.5 Å². The van der Waals surface area contributed by atoms with Crippen LogP contribution in [0, 0.1) is 0 Å². The second-order valence-corrected chi connectivity index (χ2v) is 4.93. The zero-order valence-corrected chi connectivity index (χ0v) is 12.3. The van der Waals surface area contributed by atoms with Gasteiger partial charge in [-0.05, 0) is 41.3 Å². The number of rotatable bonds is 3. The average molecular weight is 296 g/mol. The van der Waals surface area contributed by atoms with Gasteiger partial charge in [0.1, 0.15) is 23.0 Å². The van der Waals surface area contributed by atoms with Crippen molar-refractivity contribution >= 4 is 10.8 Å². The maximum absolute atomic E-state index is 10.6. The summed E-state index contributed by atoms with van der Waals surface area (Å²) in [5, 5.41) is 22.2. The molecular formula is C18H16O4. The molecule has 0 radical (unpaired) electrons. The van der Waals surface area contributed by atoms with E-state index in [0.717, 1.165) is 5.39 Å². The lowest BCUT2D eigenvalue weighted by atomic mass is 9.98. The molecule has 4 heteroatoms. The molecule has 0 unspecified atom stereocenters. The summed E-state index contributed by atoms with van der Waals surface area (Å²) in [5.74, 6) is 1.42. The molecule has 3 aromatic rings. The van der Waals surface area contributed by atoms with Gasteiger partial charge in [-0.2, -0.15) is 0 Å². The second kappa shape index (κ2) is 5.48. The molecule has 0 saturated heterocycles. The summed E-state index contributed by atoms with van der Waals surface area (Å²) in [6.07, 6.45) is 0. The lowest BCUT2D eigenvalue weighted by molar-refractivity contribution is 0.414. The van der Waals surface area contributed by atoms with E-state index in [1.807, 2.05) is 0 Å². The van der Waals surface area contributed by atoms with Crippen LogP contribution in [-0.2, 0) is 0 Å². The Morgan fingerprint density at radius 1 is 0.773 bits per heavy atom. The summed E-state index contributed by atoms with van der Waals surface area (Å²) >= 11 is 0. The Morgan fingerprint density at radius 2 is 1.41 bits per heavy atom. The summed E-state index contributed by atoms with van der Waals surface area (Å²) in [6, 6.07) is 14.1. The van der Waals surface area contributed by atoms with Gasteiger partial charge in [-0.3, -0.25) is 0 Å². The predicted molar refractivity (Wildman–Crippen MR) is 85.8 cm³/mol. The monoisotopic (exact) mass is 296 g/mol. The Balaban J connectivity index is 2.23. The van der Waals surface area contributed by atoms with Crippen LogP contribution in [0.4, 0.5) is 0 Å². The van der Waals surface area contributed by atoms with E-state index in [1.54, 1.807) is 62.8 Å². The number of benzene rings is 3. The zero-order valence-electron chi connectivity index (χ0n) is 12.3. The summed E-state index contributed by atoms with van der Waals surface area (Å²) in [5.41, 5.74) is 1.10. The first-order valence-electron chi connectivity index (χ1n) is 6.81. The number of hydrogen-bond acceptors (Lipinski definition) is 4. The molecule has 0 fully saturated rings. The van der Waals surface area contributed by atoms with E-state index >= 15 is 0 Å². The highest BCUT2D eigenvalue weighted by atomic mass is 16.5.